The van der Waals surface area contributed by atoms with Crippen molar-refractivity contribution in [1.82, 2.24) is 9.97 Å². The highest BCUT2D eigenvalue weighted by atomic mass is 16.3. The molecule has 0 saturated heterocycles. The van der Waals surface area contributed by atoms with Crippen LogP contribution in [0.15, 0.2) is 205 Å². The molecule has 11 rings (SSSR count). The summed E-state index contributed by atoms with van der Waals surface area (Å²) in [6.45, 7) is 2.35. The zero-order chi connectivity index (χ0) is 37.9. The molecule has 0 aliphatic heterocycles. The Morgan fingerprint density at radius 2 is 0.965 bits per heavy atom. The van der Waals surface area contributed by atoms with Gasteiger partial charge in [0.05, 0.1) is 11.4 Å². The number of rotatable bonds is 6. The van der Waals surface area contributed by atoms with Crippen LogP contribution in [0, 0.1) is 0 Å². The molecule has 1 aliphatic carbocycles. The molecule has 1 unspecified atom stereocenters. The summed E-state index contributed by atoms with van der Waals surface area (Å²) in [5, 5.41) is 2.28. The van der Waals surface area contributed by atoms with Crippen LogP contribution in [-0.2, 0) is 5.41 Å². The molecule has 8 aromatic carbocycles. The summed E-state index contributed by atoms with van der Waals surface area (Å²) in [5.74, 6) is 0.706. The summed E-state index contributed by atoms with van der Waals surface area (Å²) in [5.41, 5.74) is 17.3. The molecule has 2 aromatic heterocycles. The first kappa shape index (κ1) is 33.0. The monoisotopic (exact) mass is 728 g/mol. The summed E-state index contributed by atoms with van der Waals surface area (Å²) in [7, 11) is 0. The number of hydrogen-bond donors (Lipinski definition) is 0. The summed E-state index contributed by atoms with van der Waals surface area (Å²) in [6.07, 6.45) is 0. The van der Waals surface area contributed by atoms with E-state index >= 15 is 0 Å². The van der Waals surface area contributed by atoms with Crippen LogP contribution in [0.4, 0.5) is 0 Å². The van der Waals surface area contributed by atoms with Crippen molar-refractivity contribution in [1.29, 1.82) is 0 Å². The van der Waals surface area contributed by atoms with Crippen LogP contribution in [0.2, 0.25) is 0 Å². The Morgan fingerprint density at radius 1 is 0.404 bits per heavy atom. The van der Waals surface area contributed by atoms with Gasteiger partial charge < -0.3 is 4.42 Å². The Kier molecular flexibility index (Phi) is 7.61. The van der Waals surface area contributed by atoms with Gasteiger partial charge in [-0.25, -0.2) is 9.97 Å². The van der Waals surface area contributed by atoms with E-state index < -0.39 is 0 Å². The molecule has 0 bridgehead atoms. The highest BCUT2D eigenvalue weighted by Crippen LogP contribution is 2.55. The largest absolute Gasteiger partial charge is 0.455 e. The Bertz CT molecular complexity index is 3110. The third kappa shape index (κ3) is 5.35. The number of benzene rings is 8. The van der Waals surface area contributed by atoms with Crippen molar-refractivity contribution in [2.45, 2.75) is 12.3 Å². The van der Waals surface area contributed by atoms with E-state index in [1.807, 2.05) is 30.3 Å². The molecule has 3 heteroatoms. The molecule has 57 heavy (non-hydrogen) atoms. The van der Waals surface area contributed by atoms with Gasteiger partial charge in [0.15, 0.2) is 5.82 Å². The maximum absolute atomic E-state index is 6.34. The van der Waals surface area contributed by atoms with Crippen LogP contribution >= 0.6 is 0 Å². The molecule has 2 heterocycles. The maximum Gasteiger partial charge on any atom is 0.160 e. The predicted octanol–water partition coefficient (Wildman–Crippen LogP) is 14.0. The summed E-state index contributed by atoms with van der Waals surface area (Å²) >= 11 is 0. The molecular formula is C54H36N2O. The standard InChI is InChI=1S/C54H36N2O/c1-54(40-16-6-3-7-17-40)46-23-10-8-19-44(46)51-45(22-13-24-47(51)54)49-34-48(55-53(56-49)39-14-4-2-5-15-39)38-32-28-36(29-33-38)35-26-30-37(31-27-35)41-20-12-21-43-42-18-9-11-25-50(42)57-52(41)43/h2-34H,1H3. The van der Waals surface area contributed by atoms with Crippen LogP contribution in [0.1, 0.15) is 23.6 Å². The van der Waals surface area contributed by atoms with E-state index in [0.29, 0.717) is 5.82 Å². The lowest BCUT2D eigenvalue weighted by Gasteiger charge is -2.28. The molecular weight excluding hydrogens is 693 g/mol. The lowest BCUT2D eigenvalue weighted by atomic mass is 9.74. The van der Waals surface area contributed by atoms with Crippen molar-refractivity contribution in [2.75, 3.05) is 0 Å². The number of aromatic nitrogens is 2. The minimum Gasteiger partial charge on any atom is -0.455 e. The minimum absolute atomic E-state index is 0.296. The molecule has 1 aliphatic rings. The van der Waals surface area contributed by atoms with Gasteiger partial charge in [0.25, 0.3) is 0 Å². The van der Waals surface area contributed by atoms with E-state index in [-0.39, 0.29) is 5.41 Å². The second-order valence-corrected chi connectivity index (χ2v) is 15.0. The first-order chi connectivity index (χ1) is 28.1. The molecule has 0 radical (unpaired) electrons. The first-order valence-corrected chi connectivity index (χ1v) is 19.5. The Labute approximate surface area is 331 Å². The first-order valence-electron chi connectivity index (χ1n) is 19.5. The van der Waals surface area contributed by atoms with Gasteiger partial charge in [-0.15, -0.1) is 0 Å². The summed E-state index contributed by atoms with van der Waals surface area (Å²) < 4.78 is 6.34. The van der Waals surface area contributed by atoms with Gasteiger partial charge in [-0.2, -0.15) is 0 Å². The zero-order valence-electron chi connectivity index (χ0n) is 31.4. The fourth-order valence-corrected chi connectivity index (χ4v) is 8.94. The average molecular weight is 729 g/mol. The molecule has 3 nitrogen and oxygen atoms in total. The Hall–Kier alpha value is -7.36. The van der Waals surface area contributed by atoms with Crippen molar-refractivity contribution in [2.24, 2.45) is 0 Å². The topological polar surface area (TPSA) is 38.9 Å². The second-order valence-electron chi connectivity index (χ2n) is 15.0. The van der Waals surface area contributed by atoms with Gasteiger partial charge in [-0.05, 0) is 63.6 Å². The van der Waals surface area contributed by atoms with Crippen LogP contribution in [0.3, 0.4) is 0 Å². The molecule has 0 spiro atoms. The van der Waals surface area contributed by atoms with Crippen molar-refractivity contribution in [3.63, 3.8) is 0 Å². The number of para-hydroxylation sites is 2. The van der Waals surface area contributed by atoms with E-state index in [2.05, 4.69) is 177 Å². The molecule has 0 fully saturated rings. The van der Waals surface area contributed by atoms with Crippen molar-refractivity contribution < 1.29 is 4.42 Å². The van der Waals surface area contributed by atoms with Gasteiger partial charge in [0.1, 0.15) is 11.2 Å². The fraction of sp³-hybridized carbons (Fsp3) is 0.0370. The van der Waals surface area contributed by atoms with Gasteiger partial charge in [-0.3, -0.25) is 0 Å². The summed E-state index contributed by atoms with van der Waals surface area (Å²) in [6, 6.07) is 71.0. The second kappa shape index (κ2) is 13.1. The number of furan rings is 1. The fourth-order valence-electron chi connectivity index (χ4n) is 8.94. The maximum atomic E-state index is 6.34. The highest BCUT2D eigenvalue weighted by Gasteiger charge is 2.41. The van der Waals surface area contributed by atoms with Gasteiger partial charge in [0, 0.05) is 38.4 Å². The van der Waals surface area contributed by atoms with E-state index in [9.17, 15) is 0 Å². The van der Waals surface area contributed by atoms with Crippen LogP contribution in [0.25, 0.3) is 89.2 Å². The Balaban J connectivity index is 0.985. The smallest absolute Gasteiger partial charge is 0.160 e. The van der Waals surface area contributed by atoms with E-state index in [4.69, 9.17) is 14.4 Å². The highest BCUT2D eigenvalue weighted by molar-refractivity contribution is 6.09. The molecule has 0 saturated carbocycles. The van der Waals surface area contributed by atoms with Gasteiger partial charge >= 0.3 is 0 Å². The predicted molar refractivity (Wildman–Crippen MR) is 234 cm³/mol. The van der Waals surface area contributed by atoms with E-state index in [1.54, 1.807) is 0 Å². The molecule has 0 amide bonds. The van der Waals surface area contributed by atoms with Gasteiger partial charge in [-0.1, -0.05) is 188 Å². The quantitative estimate of drug-likeness (QED) is 0.171. The molecule has 0 N–H and O–H groups in total. The van der Waals surface area contributed by atoms with E-state index in [0.717, 1.165) is 72.3 Å². The van der Waals surface area contributed by atoms with Crippen LogP contribution in [-0.4, -0.2) is 9.97 Å². The molecule has 268 valence electrons. The summed E-state index contributed by atoms with van der Waals surface area (Å²) in [4.78, 5) is 10.5. The number of nitrogens with zero attached hydrogens (tertiary/aromatic N) is 2. The van der Waals surface area contributed by atoms with E-state index in [1.165, 1.54) is 27.8 Å². The number of hydrogen-bond acceptors (Lipinski definition) is 3. The third-order valence-electron chi connectivity index (χ3n) is 11.8. The average Bonchev–Trinajstić information content (AvgIpc) is 3.80. The third-order valence-corrected chi connectivity index (χ3v) is 11.8. The number of fused-ring (bicyclic) bond motifs is 6. The molecule has 1 atom stereocenters. The normalized spacial score (nSPS) is 14.5. The SMILES string of the molecule is CC1(c2ccccc2)c2ccccc2-c2c(-c3cc(-c4ccc(-c5ccc(-c6cccc7c6oc6ccccc67)cc5)cc4)nc(-c4ccccc4)n3)cccc21. The lowest BCUT2D eigenvalue weighted by molar-refractivity contribution is 0.670. The van der Waals surface area contributed by atoms with Crippen LogP contribution < -0.4 is 0 Å². The van der Waals surface area contributed by atoms with Gasteiger partial charge in [0.2, 0.25) is 0 Å². The minimum atomic E-state index is -0.296. The van der Waals surface area contributed by atoms with Crippen LogP contribution in [0.5, 0.6) is 0 Å². The van der Waals surface area contributed by atoms with Crippen molar-refractivity contribution in [3.05, 3.63) is 217 Å². The lowest BCUT2D eigenvalue weighted by Crippen LogP contribution is -2.22. The van der Waals surface area contributed by atoms with Crippen molar-refractivity contribution >= 4 is 21.9 Å². The Morgan fingerprint density at radius 3 is 1.75 bits per heavy atom. The van der Waals surface area contributed by atoms with Crippen molar-refractivity contribution in [3.8, 4) is 67.3 Å². The molecule has 10 aromatic rings. The zero-order valence-corrected chi connectivity index (χ0v) is 31.4.